The summed E-state index contributed by atoms with van der Waals surface area (Å²) in [5.41, 5.74) is 0.204. The van der Waals surface area contributed by atoms with Crippen molar-refractivity contribution in [3.63, 3.8) is 0 Å². The van der Waals surface area contributed by atoms with E-state index in [2.05, 4.69) is 0 Å². The molecule has 3 aromatic rings. The zero-order valence-electron chi connectivity index (χ0n) is 17.2. The lowest BCUT2D eigenvalue weighted by atomic mass is 10.1. The highest BCUT2D eigenvalue weighted by atomic mass is 31.2. The zero-order chi connectivity index (χ0) is 21.7. The third-order valence-corrected chi connectivity index (χ3v) is 6.73. The molecule has 1 unspecified atom stereocenters. The van der Waals surface area contributed by atoms with Gasteiger partial charge in [0.2, 0.25) is 0 Å². The van der Waals surface area contributed by atoms with Gasteiger partial charge in [-0.2, -0.15) is 0 Å². The van der Waals surface area contributed by atoms with Crippen molar-refractivity contribution in [2.45, 2.75) is 6.92 Å². The molecule has 0 N–H and O–H groups in total. The van der Waals surface area contributed by atoms with Gasteiger partial charge < -0.3 is 18.7 Å². The lowest BCUT2D eigenvalue weighted by molar-refractivity contribution is 0.106. The molecule has 1 atom stereocenters. The van der Waals surface area contributed by atoms with Crippen molar-refractivity contribution in [3.05, 3.63) is 77.9 Å². The summed E-state index contributed by atoms with van der Waals surface area (Å²) >= 11 is 0. The average Bonchev–Trinajstić information content (AvgIpc) is 2.78. The van der Waals surface area contributed by atoms with Crippen molar-refractivity contribution in [3.8, 4) is 23.0 Å². The fraction of sp³-hybridized carbons (Fsp3) is 0.174. The van der Waals surface area contributed by atoms with Crippen molar-refractivity contribution in [2.75, 3.05) is 21.3 Å². The second-order valence-corrected chi connectivity index (χ2v) is 8.71. The summed E-state index contributed by atoms with van der Waals surface area (Å²) in [4.78, 5) is 13.7. The molecule has 0 fully saturated rings. The topological polar surface area (TPSA) is 71.1 Å². The van der Waals surface area contributed by atoms with Gasteiger partial charge in [0.25, 0.3) is 5.52 Å². The van der Waals surface area contributed by atoms with Crippen LogP contribution in [0.3, 0.4) is 0 Å². The highest BCUT2D eigenvalue weighted by Gasteiger charge is 2.41. The average molecular weight is 426 g/mol. The van der Waals surface area contributed by atoms with Crippen LogP contribution >= 0.6 is 7.37 Å². The van der Waals surface area contributed by atoms with Gasteiger partial charge in [0.05, 0.1) is 26.6 Å². The number of aryl methyl sites for hydroxylation is 1. The number of ether oxygens (including phenoxy) is 3. The van der Waals surface area contributed by atoms with E-state index >= 15 is 0 Å². The zero-order valence-corrected chi connectivity index (χ0v) is 18.1. The Morgan fingerprint density at radius 1 is 0.767 bits per heavy atom. The summed E-state index contributed by atoms with van der Waals surface area (Å²) in [5, 5.41) is 0.274. The molecule has 156 valence electrons. The van der Waals surface area contributed by atoms with Crippen molar-refractivity contribution >= 4 is 18.2 Å². The van der Waals surface area contributed by atoms with E-state index in [9.17, 15) is 9.36 Å². The largest absolute Gasteiger partial charge is 0.497 e. The van der Waals surface area contributed by atoms with Gasteiger partial charge in [-0.3, -0.25) is 9.36 Å². The van der Waals surface area contributed by atoms with E-state index in [0.717, 1.165) is 5.56 Å². The third kappa shape index (κ3) is 4.19. The van der Waals surface area contributed by atoms with Gasteiger partial charge in [0.15, 0.2) is 0 Å². The first-order chi connectivity index (χ1) is 14.4. The number of carbonyl (C=O) groups excluding carboxylic acids is 1. The maximum absolute atomic E-state index is 14.1. The summed E-state index contributed by atoms with van der Waals surface area (Å²) < 4.78 is 36.0. The van der Waals surface area contributed by atoms with Crippen molar-refractivity contribution < 1.29 is 28.1 Å². The number of hydrogen-bond donors (Lipinski definition) is 0. The van der Waals surface area contributed by atoms with Crippen LogP contribution in [0, 0.1) is 6.92 Å². The first-order valence-electron chi connectivity index (χ1n) is 9.19. The van der Waals surface area contributed by atoms with Crippen LogP contribution in [0.1, 0.15) is 15.9 Å². The predicted octanol–water partition coefficient (Wildman–Crippen LogP) is 4.84. The van der Waals surface area contributed by atoms with E-state index < -0.39 is 12.9 Å². The van der Waals surface area contributed by atoms with Crippen LogP contribution in [0.2, 0.25) is 0 Å². The minimum absolute atomic E-state index is 0.0753. The Kier molecular flexibility index (Phi) is 6.48. The molecule has 7 heteroatoms. The summed E-state index contributed by atoms with van der Waals surface area (Å²) in [6.07, 6.45) is 0. The van der Waals surface area contributed by atoms with Crippen LogP contribution in [-0.2, 0) is 4.57 Å². The molecule has 0 spiro atoms. The normalized spacial score (nSPS) is 12.5. The molecule has 0 saturated heterocycles. The summed E-state index contributed by atoms with van der Waals surface area (Å²) in [5.74, 6) is 1.43. The lowest BCUT2D eigenvalue weighted by Gasteiger charge is -2.21. The fourth-order valence-corrected chi connectivity index (χ4v) is 4.94. The van der Waals surface area contributed by atoms with Crippen LogP contribution in [0.5, 0.6) is 23.0 Å². The molecule has 0 aromatic heterocycles. The lowest BCUT2D eigenvalue weighted by Crippen LogP contribution is -2.19. The van der Waals surface area contributed by atoms with E-state index in [-0.39, 0.29) is 28.1 Å². The third-order valence-electron chi connectivity index (χ3n) is 4.52. The van der Waals surface area contributed by atoms with Crippen molar-refractivity contribution in [2.24, 2.45) is 0 Å². The maximum atomic E-state index is 14.1. The quantitative estimate of drug-likeness (QED) is 0.480. The van der Waals surface area contributed by atoms with Crippen LogP contribution in [-0.4, -0.2) is 26.9 Å². The molecule has 0 heterocycles. The summed E-state index contributed by atoms with van der Waals surface area (Å²) in [6.45, 7) is 1.85. The van der Waals surface area contributed by atoms with Gasteiger partial charge in [0, 0.05) is 0 Å². The Morgan fingerprint density at radius 2 is 1.30 bits per heavy atom. The SMILES string of the molecule is COc1ccc(OP(=O)(C(=O)c2c(OC)cc(C)cc2OC)c2ccccc2)cc1. The van der Waals surface area contributed by atoms with E-state index in [1.807, 2.05) is 6.92 Å². The van der Waals surface area contributed by atoms with Crippen molar-refractivity contribution in [1.29, 1.82) is 0 Å². The van der Waals surface area contributed by atoms with Gasteiger partial charge >= 0.3 is 7.37 Å². The second kappa shape index (κ2) is 9.06. The standard InChI is InChI=1S/C23H23O6P/c1-16-14-20(27-3)22(21(15-16)28-4)23(24)30(25,19-8-6-5-7-9-19)29-18-12-10-17(26-2)11-13-18/h5-15H,1-4H3. The molecule has 0 aliphatic heterocycles. The number of benzene rings is 3. The molecule has 0 radical (unpaired) electrons. The van der Waals surface area contributed by atoms with Crippen LogP contribution < -0.4 is 24.0 Å². The Balaban J connectivity index is 2.16. The first-order valence-corrected chi connectivity index (χ1v) is 10.8. The molecule has 0 aliphatic carbocycles. The molecule has 3 aromatic carbocycles. The van der Waals surface area contributed by atoms with Crippen LogP contribution in [0.25, 0.3) is 0 Å². The van der Waals surface area contributed by atoms with Crippen molar-refractivity contribution in [1.82, 2.24) is 0 Å². The van der Waals surface area contributed by atoms with E-state index in [4.69, 9.17) is 18.7 Å². The van der Waals surface area contributed by atoms with Gasteiger partial charge in [-0.25, -0.2) is 0 Å². The molecule has 0 bridgehead atoms. The van der Waals surface area contributed by atoms with E-state index in [1.165, 1.54) is 14.2 Å². The van der Waals surface area contributed by atoms with E-state index in [0.29, 0.717) is 5.75 Å². The number of methoxy groups -OCH3 is 3. The molecule has 0 amide bonds. The number of carbonyl (C=O) groups is 1. The van der Waals surface area contributed by atoms with Gasteiger partial charge in [-0.05, 0) is 61.0 Å². The van der Waals surface area contributed by atoms with E-state index in [1.54, 1.807) is 73.8 Å². The predicted molar refractivity (Wildman–Crippen MR) is 116 cm³/mol. The van der Waals surface area contributed by atoms with Gasteiger partial charge in [0.1, 0.15) is 28.6 Å². The molecule has 0 aliphatic rings. The highest BCUT2D eigenvalue weighted by Crippen LogP contribution is 2.52. The second-order valence-electron chi connectivity index (χ2n) is 6.50. The molecular weight excluding hydrogens is 403 g/mol. The highest BCUT2D eigenvalue weighted by molar-refractivity contribution is 7.83. The molecular formula is C23H23O6P. The molecule has 0 saturated carbocycles. The molecule has 3 rings (SSSR count). The minimum Gasteiger partial charge on any atom is -0.497 e. The molecule has 30 heavy (non-hydrogen) atoms. The maximum Gasteiger partial charge on any atom is 0.346 e. The van der Waals surface area contributed by atoms with Crippen LogP contribution in [0.15, 0.2) is 66.7 Å². The monoisotopic (exact) mass is 426 g/mol. The number of hydrogen-bond acceptors (Lipinski definition) is 6. The first kappa shape index (κ1) is 21.5. The summed E-state index contributed by atoms with van der Waals surface area (Å²) in [7, 11) is 0.375. The molecule has 6 nitrogen and oxygen atoms in total. The smallest absolute Gasteiger partial charge is 0.346 e. The van der Waals surface area contributed by atoms with Crippen LogP contribution in [0.4, 0.5) is 0 Å². The van der Waals surface area contributed by atoms with Gasteiger partial charge in [-0.1, -0.05) is 18.2 Å². The Bertz CT molecular complexity index is 1050. The van der Waals surface area contributed by atoms with Gasteiger partial charge in [-0.15, -0.1) is 0 Å². The fourth-order valence-electron chi connectivity index (χ4n) is 3.02. The number of rotatable bonds is 8. The Labute approximate surface area is 175 Å². The minimum atomic E-state index is -4.07. The summed E-state index contributed by atoms with van der Waals surface area (Å²) in [6, 6.07) is 18.3. The Hall–Kier alpha value is -3.24. The Morgan fingerprint density at radius 3 is 1.80 bits per heavy atom.